The lowest BCUT2D eigenvalue weighted by atomic mass is 10.0. The molecule has 1 amide bonds. The van der Waals surface area contributed by atoms with Crippen molar-refractivity contribution in [2.24, 2.45) is 0 Å². The number of carbonyl (C=O) groups excluding carboxylic acids is 1. The molecule has 5 heteroatoms. The first-order valence-corrected chi connectivity index (χ1v) is 8.74. The van der Waals surface area contributed by atoms with Crippen molar-refractivity contribution in [2.45, 2.75) is 39.2 Å². The number of amides is 1. The van der Waals surface area contributed by atoms with Crippen molar-refractivity contribution in [2.75, 3.05) is 19.6 Å². The smallest absolute Gasteiger partial charge is 0.292 e. The summed E-state index contributed by atoms with van der Waals surface area (Å²) in [5.41, 5.74) is 2.87. The second-order valence-electron chi connectivity index (χ2n) is 6.42. The van der Waals surface area contributed by atoms with Crippen LogP contribution in [0.5, 0.6) is 0 Å². The maximum atomic E-state index is 12.9. The van der Waals surface area contributed by atoms with Crippen LogP contribution in [0.2, 0.25) is 0 Å². The predicted octanol–water partition coefficient (Wildman–Crippen LogP) is 3.25. The Kier molecular flexibility index (Phi) is 5.30. The summed E-state index contributed by atoms with van der Waals surface area (Å²) in [5.74, 6) is 0.284. The number of aromatic nitrogens is 1. The van der Waals surface area contributed by atoms with Crippen LogP contribution in [0.4, 0.5) is 0 Å². The fourth-order valence-electron chi connectivity index (χ4n) is 3.19. The number of nitrogens with one attached hydrogen (secondary N) is 1. The minimum atomic E-state index is -0.0467. The molecule has 1 fully saturated rings. The second kappa shape index (κ2) is 7.62. The number of rotatable bonds is 5. The van der Waals surface area contributed by atoms with Gasteiger partial charge in [0.15, 0.2) is 0 Å². The number of piperidine rings is 1. The molecular formula is C19H25N3O2. The zero-order valence-corrected chi connectivity index (χ0v) is 14.4. The minimum Gasteiger partial charge on any atom is -0.350 e. The Labute approximate surface area is 143 Å². The molecule has 3 rings (SSSR count). The Morgan fingerprint density at radius 1 is 1.29 bits per heavy atom. The average Bonchev–Trinajstić information content (AvgIpc) is 3.10. The van der Waals surface area contributed by atoms with Crippen LogP contribution in [0.1, 0.15) is 42.3 Å². The van der Waals surface area contributed by atoms with Crippen LogP contribution in [0.3, 0.4) is 0 Å². The third-order valence-corrected chi connectivity index (χ3v) is 4.54. The number of carbonyl (C=O) groups is 1. The van der Waals surface area contributed by atoms with E-state index in [9.17, 15) is 4.79 Å². The number of benzene rings is 1. The van der Waals surface area contributed by atoms with Crippen LogP contribution in [0.15, 0.2) is 34.9 Å². The third-order valence-electron chi connectivity index (χ3n) is 4.54. The van der Waals surface area contributed by atoms with E-state index in [4.69, 9.17) is 4.52 Å². The fraction of sp³-hybridized carbons (Fsp3) is 0.474. The van der Waals surface area contributed by atoms with Gasteiger partial charge in [-0.05, 0) is 39.3 Å². The van der Waals surface area contributed by atoms with E-state index in [2.05, 4.69) is 17.4 Å². The van der Waals surface area contributed by atoms with Gasteiger partial charge in [-0.15, -0.1) is 0 Å². The summed E-state index contributed by atoms with van der Waals surface area (Å²) in [6, 6.07) is 10.1. The zero-order chi connectivity index (χ0) is 16.9. The van der Waals surface area contributed by atoms with Crippen LogP contribution in [-0.2, 0) is 0 Å². The van der Waals surface area contributed by atoms with Crippen LogP contribution < -0.4 is 5.32 Å². The monoisotopic (exact) mass is 327 g/mol. The Bertz CT molecular complexity index is 672. The molecule has 1 aromatic carbocycles. The maximum Gasteiger partial charge on any atom is 0.292 e. The van der Waals surface area contributed by atoms with E-state index in [0.717, 1.165) is 44.5 Å². The molecule has 2 aromatic rings. The summed E-state index contributed by atoms with van der Waals surface area (Å²) >= 11 is 0. The highest BCUT2D eigenvalue weighted by atomic mass is 16.5. The molecule has 0 aliphatic carbocycles. The van der Waals surface area contributed by atoms with Crippen LogP contribution in [0, 0.1) is 6.92 Å². The average molecular weight is 327 g/mol. The summed E-state index contributed by atoms with van der Waals surface area (Å²) in [4.78, 5) is 14.9. The molecule has 24 heavy (non-hydrogen) atoms. The van der Waals surface area contributed by atoms with Gasteiger partial charge < -0.3 is 14.7 Å². The van der Waals surface area contributed by atoms with Crippen molar-refractivity contribution in [3.63, 3.8) is 0 Å². The fourth-order valence-corrected chi connectivity index (χ4v) is 3.19. The molecule has 128 valence electrons. The maximum absolute atomic E-state index is 12.9. The predicted molar refractivity (Wildman–Crippen MR) is 93.9 cm³/mol. The molecule has 1 aliphatic rings. The molecule has 0 atom stereocenters. The van der Waals surface area contributed by atoms with E-state index in [1.807, 2.05) is 36.1 Å². The summed E-state index contributed by atoms with van der Waals surface area (Å²) in [7, 11) is 0. The first kappa shape index (κ1) is 16.7. The SMILES string of the molecule is CCCN(C(=O)c1cc(-c2ccc(C)cc2)no1)C1CCNCC1. The van der Waals surface area contributed by atoms with E-state index in [0.29, 0.717) is 11.5 Å². The van der Waals surface area contributed by atoms with E-state index in [1.54, 1.807) is 6.07 Å². The van der Waals surface area contributed by atoms with Crippen molar-refractivity contribution in [3.05, 3.63) is 41.7 Å². The van der Waals surface area contributed by atoms with Gasteiger partial charge >= 0.3 is 0 Å². The van der Waals surface area contributed by atoms with Crippen molar-refractivity contribution >= 4 is 5.91 Å². The van der Waals surface area contributed by atoms with Gasteiger partial charge in [0.25, 0.3) is 5.91 Å². The number of aryl methyl sites for hydroxylation is 1. The largest absolute Gasteiger partial charge is 0.350 e. The molecule has 5 nitrogen and oxygen atoms in total. The van der Waals surface area contributed by atoms with Gasteiger partial charge in [-0.1, -0.05) is 41.9 Å². The highest BCUT2D eigenvalue weighted by Crippen LogP contribution is 2.22. The number of nitrogens with zero attached hydrogens (tertiary/aromatic N) is 2. The summed E-state index contributed by atoms with van der Waals surface area (Å²) in [5, 5.41) is 7.44. The van der Waals surface area contributed by atoms with E-state index in [-0.39, 0.29) is 11.9 Å². The Hall–Kier alpha value is -2.14. The van der Waals surface area contributed by atoms with Gasteiger partial charge in [-0.2, -0.15) is 0 Å². The van der Waals surface area contributed by atoms with Gasteiger partial charge in [-0.25, -0.2) is 0 Å². The molecule has 0 unspecified atom stereocenters. The quantitative estimate of drug-likeness (QED) is 0.916. The molecule has 2 heterocycles. The molecule has 0 saturated carbocycles. The summed E-state index contributed by atoms with van der Waals surface area (Å²) < 4.78 is 5.37. The van der Waals surface area contributed by atoms with E-state index >= 15 is 0 Å². The first-order valence-electron chi connectivity index (χ1n) is 8.74. The molecular weight excluding hydrogens is 302 g/mol. The van der Waals surface area contributed by atoms with Gasteiger partial charge in [0.2, 0.25) is 5.76 Å². The molecule has 0 spiro atoms. The lowest BCUT2D eigenvalue weighted by molar-refractivity contribution is 0.0600. The lowest BCUT2D eigenvalue weighted by Gasteiger charge is -2.33. The first-order chi connectivity index (χ1) is 11.7. The van der Waals surface area contributed by atoms with Gasteiger partial charge in [0, 0.05) is 24.2 Å². The molecule has 0 radical (unpaired) electrons. The molecule has 1 aromatic heterocycles. The number of hydrogen-bond acceptors (Lipinski definition) is 4. The molecule has 1 saturated heterocycles. The lowest BCUT2D eigenvalue weighted by Crippen LogP contribution is -2.46. The van der Waals surface area contributed by atoms with Crippen molar-refractivity contribution in [1.29, 1.82) is 0 Å². The van der Waals surface area contributed by atoms with Crippen LogP contribution in [-0.4, -0.2) is 41.6 Å². The molecule has 0 bridgehead atoms. The van der Waals surface area contributed by atoms with Crippen LogP contribution >= 0.6 is 0 Å². The standard InChI is InChI=1S/C19H25N3O2/c1-3-12-22(16-8-10-20-11-9-16)19(23)18-13-17(21-24-18)15-6-4-14(2)5-7-15/h4-7,13,16,20H,3,8-12H2,1-2H3. The second-order valence-corrected chi connectivity index (χ2v) is 6.42. The zero-order valence-electron chi connectivity index (χ0n) is 14.4. The summed E-state index contributed by atoms with van der Waals surface area (Å²) in [6.45, 7) is 6.82. The topological polar surface area (TPSA) is 58.4 Å². The third kappa shape index (κ3) is 3.67. The van der Waals surface area contributed by atoms with E-state index in [1.165, 1.54) is 5.56 Å². The minimum absolute atomic E-state index is 0.0467. The van der Waals surface area contributed by atoms with Crippen molar-refractivity contribution < 1.29 is 9.32 Å². The van der Waals surface area contributed by atoms with Crippen LogP contribution in [0.25, 0.3) is 11.3 Å². The van der Waals surface area contributed by atoms with Gasteiger partial charge in [-0.3, -0.25) is 4.79 Å². The van der Waals surface area contributed by atoms with Gasteiger partial charge in [0.1, 0.15) is 5.69 Å². The van der Waals surface area contributed by atoms with Crippen molar-refractivity contribution in [1.82, 2.24) is 15.4 Å². The highest BCUT2D eigenvalue weighted by Gasteiger charge is 2.28. The highest BCUT2D eigenvalue weighted by molar-refractivity contribution is 5.92. The molecule has 1 N–H and O–H groups in total. The van der Waals surface area contributed by atoms with E-state index < -0.39 is 0 Å². The van der Waals surface area contributed by atoms with Gasteiger partial charge in [0.05, 0.1) is 0 Å². The normalized spacial score (nSPS) is 15.4. The Balaban J connectivity index is 1.78. The van der Waals surface area contributed by atoms with Crippen molar-refractivity contribution in [3.8, 4) is 11.3 Å². The molecule has 1 aliphatic heterocycles. The summed E-state index contributed by atoms with van der Waals surface area (Å²) in [6.07, 6.45) is 2.92. The number of hydrogen-bond donors (Lipinski definition) is 1. The Morgan fingerprint density at radius 2 is 2.00 bits per heavy atom. The Morgan fingerprint density at radius 3 is 2.67 bits per heavy atom.